The molecule has 100 valence electrons. The number of imidazole rings is 1. The molecular formula is C9H12FN3O5. The van der Waals surface area contributed by atoms with Crippen molar-refractivity contribution in [2.24, 2.45) is 5.73 Å². The molecule has 0 aromatic carbocycles. The van der Waals surface area contributed by atoms with Crippen LogP contribution in [-0.2, 0) is 9.68 Å². The Morgan fingerprint density at radius 2 is 2.33 bits per heavy atom. The molecule has 1 aromatic heterocycles. The van der Waals surface area contributed by atoms with E-state index in [4.69, 9.17) is 10.5 Å². The van der Waals surface area contributed by atoms with Crippen molar-refractivity contribution in [1.82, 2.24) is 9.55 Å². The number of hydrogen-bond acceptors (Lipinski definition) is 6. The van der Waals surface area contributed by atoms with Crippen molar-refractivity contribution in [3.8, 4) is 0 Å². The molecule has 9 heteroatoms. The highest BCUT2D eigenvalue weighted by Gasteiger charge is 2.44. The van der Waals surface area contributed by atoms with E-state index in [1.165, 1.54) is 17.1 Å². The second kappa shape index (κ2) is 4.98. The Bertz CT molecular complexity index is 440. The Morgan fingerprint density at radius 1 is 1.61 bits per heavy atom. The number of carbonyl (C=O) groups excluding carboxylic acids is 1. The predicted octanol–water partition coefficient (Wildman–Crippen LogP) is -1.50. The summed E-state index contributed by atoms with van der Waals surface area (Å²) in [6, 6.07) is 0. The number of nitrogens with zero attached hydrogens (tertiary/aromatic N) is 2. The SMILES string of the molecule is NC(=O)c1cn([C@@H]2O[C@H](COF)[C@@H](O)[C@H]2O)cn1. The molecule has 0 radical (unpaired) electrons. The number of carbonyl (C=O) groups is 1. The van der Waals surface area contributed by atoms with E-state index >= 15 is 0 Å². The molecule has 18 heavy (non-hydrogen) atoms. The van der Waals surface area contributed by atoms with E-state index in [1.807, 2.05) is 0 Å². The number of amides is 1. The molecule has 1 aliphatic rings. The van der Waals surface area contributed by atoms with Gasteiger partial charge in [0.1, 0.15) is 30.6 Å². The summed E-state index contributed by atoms with van der Waals surface area (Å²) in [5.41, 5.74) is 5.02. The Labute approximate surface area is 101 Å². The van der Waals surface area contributed by atoms with Crippen LogP contribution in [0.15, 0.2) is 12.5 Å². The molecule has 0 aliphatic carbocycles. The van der Waals surface area contributed by atoms with Gasteiger partial charge in [-0.2, -0.15) is 4.94 Å². The lowest BCUT2D eigenvalue weighted by molar-refractivity contribution is -0.176. The van der Waals surface area contributed by atoms with E-state index < -0.39 is 37.1 Å². The van der Waals surface area contributed by atoms with Crippen LogP contribution in [0, 0.1) is 0 Å². The molecule has 2 rings (SSSR count). The minimum absolute atomic E-state index is 0.00881. The zero-order valence-electron chi connectivity index (χ0n) is 9.14. The molecule has 4 N–H and O–H groups in total. The third-order valence-electron chi connectivity index (χ3n) is 2.71. The van der Waals surface area contributed by atoms with Gasteiger partial charge in [0.25, 0.3) is 5.91 Å². The van der Waals surface area contributed by atoms with Gasteiger partial charge in [0, 0.05) is 6.20 Å². The van der Waals surface area contributed by atoms with Crippen LogP contribution in [-0.4, -0.2) is 50.6 Å². The quantitative estimate of drug-likeness (QED) is 0.607. The monoisotopic (exact) mass is 261 g/mol. The fourth-order valence-electron chi connectivity index (χ4n) is 1.78. The molecule has 0 bridgehead atoms. The zero-order chi connectivity index (χ0) is 13.3. The van der Waals surface area contributed by atoms with Gasteiger partial charge in [-0.05, 0) is 4.53 Å². The summed E-state index contributed by atoms with van der Waals surface area (Å²) >= 11 is 0. The minimum atomic E-state index is -1.30. The largest absolute Gasteiger partial charge is 0.387 e. The number of primary amides is 1. The summed E-state index contributed by atoms with van der Waals surface area (Å²) in [4.78, 5) is 17.9. The van der Waals surface area contributed by atoms with Gasteiger partial charge in [0.2, 0.25) is 0 Å². The molecule has 4 atom stereocenters. The fraction of sp³-hybridized carbons (Fsp3) is 0.556. The van der Waals surface area contributed by atoms with Gasteiger partial charge in [-0.15, -0.1) is 0 Å². The van der Waals surface area contributed by atoms with Crippen molar-refractivity contribution in [1.29, 1.82) is 0 Å². The topological polar surface area (TPSA) is 120 Å². The lowest BCUT2D eigenvalue weighted by Gasteiger charge is -2.15. The van der Waals surface area contributed by atoms with E-state index in [-0.39, 0.29) is 5.69 Å². The van der Waals surface area contributed by atoms with Crippen LogP contribution in [0.3, 0.4) is 0 Å². The Kier molecular flexibility index (Phi) is 3.57. The van der Waals surface area contributed by atoms with Crippen molar-refractivity contribution < 1.29 is 29.2 Å². The first kappa shape index (κ1) is 12.9. The first-order chi connectivity index (χ1) is 8.54. The molecule has 0 saturated carbocycles. The molecule has 1 amide bonds. The smallest absolute Gasteiger partial charge is 0.268 e. The summed E-state index contributed by atoms with van der Waals surface area (Å²) in [7, 11) is 0. The highest BCUT2D eigenvalue weighted by Crippen LogP contribution is 2.29. The summed E-state index contributed by atoms with van der Waals surface area (Å²) in [6.45, 7) is -0.508. The van der Waals surface area contributed by atoms with E-state index in [1.54, 1.807) is 0 Å². The number of halogens is 1. The number of aliphatic hydroxyl groups is 2. The zero-order valence-corrected chi connectivity index (χ0v) is 9.14. The predicted molar refractivity (Wildman–Crippen MR) is 53.7 cm³/mol. The van der Waals surface area contributed by atoms with Gasteiger partial charge in [-0.25, -0.2) is 4.98 Å². The fourth-order valence-corrected chi connectivity index (χ4v) is 1.78. The van der Waals surface area contributed by atoms with Gasteiger partial charge in [0.15, 0.2) is 6.23 Å². The maximum atomic E-state index is 11.7. The average molecular weight is 261 g/mol. The lowest BCUT2D eigenvalue weighted by atomic mass is 10.1. The van der Waals surface area contributed by atoms with Gasteiger partial charge < -0.3 is 25.3 Å². The van der Waals surface area contributed by atoms with Crippen molar-refractivity contribution in [3.63, 3.8) is 0 Å². The van der Waals surface area contributed by atoms with Crippen molar-refractivity contribution in [3.05, 3.63) is 18.2 Å². The lowest BCUT2D eigenvalue weighted by Crippen LogP contribution is -2.33. The summed E-state index contributed by atoms with van der Waals surface area (Å²) < 4.78 is 18.2. The molecule has 1 aliphatic heterocycles. The van der Waals surface area contributed by atoms with Gasteiger partial charge in [-0.3, -0.25) is 4.79 Å². The van der Waals surface area contributed by atoms with E-state index in [9.17, 15) is 19.5 Å². The molecule has 0 unspecified atom stereocenters. The van der Waals surface area contributed by atoms with Gasteiger partial charge in [0.05, 0.1) is 6.33 Å². The highest BCUT2D eigenvalue weighted by molar-refractivity contribution is 5.90. The number of aromatic nitrogens is 2. The maximum absolute atomic E-state index is 11.7. The number of aliphatic hydroxyl groups excluding tert-OH is 2. The number of nitrogens with two attached hydrogens (primary N) is 1. The van der Waals surface area contributed by atoms with Crippen molar-refractivity contribution >= 4 is 5.91 Å². The molecule has 1 fully saturated rings. The van der Waals surface area contributed by atoms with Crippen molar-refractivity contribution in [2.45, 2.75) is 24.5 Å². The standard InChI is InChI=1S/C9H12FN3O5/c10-17-2-5-6(14)7(15)9(18-5)13-1-4(8(11)16)12-3-13/h1,3,5-7,9,14-15H,2H2,(H2,11,16)/t5-,6-,7-,9-/m1/s1. The molecule has 1 saturated heterocycles. The summed E-state index contributed by atoms with van der Waals surface area (Å²) in [6.07, 6.45) is -2.10. The van der Waals surface area contributed by atoms with Crippen LogP contribution in [0.5, 0.6) is 0 Å². The summed E-state index contributed by atoms with van der Waals surface area (Å²) in [5.74, 6) is -0.731. The Balaban J connectivity index is 2.15. The Hall–Kier alpha value is -1.55. The van der Waals surface area contributed by atoms with Crippen LogP contribution >= 0.6 is 0 Å². The van der Waals surface area contributed by atoms with Crippen LogP contribution in [0.4, 0.5) is 4.53 Å². The molecule has 0 spiro atoms. The van der Waals surface area contributed by atoms with Gasteiger partial charge >= 0.3 is 0 Å². The van der Waals surface area contributed by atoms with Crippen LogP contribution in [0.1, 0.15) is 16.7 Å². The molecule has 1 aromatic rings. The van der Waals surface area contributed by atoms with Crippen molar-refractivity contribution in [2.75, 3.05) is 6.61 Å². The van der Waals surface area contributed by atoms with E-state index in [0.717, 1.165) is 0 Å². The molecular weight excluding hydrogens is 249 g/mol. The molecule has 2 heterocycles. The highest BCUT2D eigenvalue weighted by atomic mass is 19.3. The summed E-state index contributed by atoms with van der Waals surface area (Å²) in [5, 5.41) is 19.3. The maximum Gasteiger partial charge on any atom is 0.268 e. The Morgan fingerprint density at radius 3 is 2.89 bits per heavy atom. The molecule has 8 nitrogen and oxygen atoms in total. The second-order valence-corrected chi connectivity index (χ2v) is 3.89. The van der Waals surface area contributed by atoms with E-state index in [0.29, 0.717) is 0 Å². The average Bonchev–Trinajstić information content (AvgIpc) is 2.90. The van der Waals surface area contributed by atoms with Crippen LogP contribution in [0.25, 0.3) is 0 Å². The van der Waals surface area contributed by atoms with Crippen LogP contribution < -0.4 is 5.73 Å². The third-order valence-corrected chi connectivity index (χ3v) is 2.71. The number of ether oxygens (including phenoxy) is 1. The van der Waals surface area contributed by atoms with Crippen LogP contribution in [0.2, 0.25) is 0 Å². The van der Waals surface area contributed by atoms with E-state index in [2.05, 4.69) is 9.93 Å². The minimum Gasteiger partial charge on any atom is -0.387 e. The number of rotatable bonds is 4. The first-order valence-corrected chi connectivity index (χ1v) is 5.13. The van der Waals surface area contributed by atoms with Gasteiger partial charge in [-0.1, -0.05) is 0 Å². The first-order valence-electron chi connectivity index (χ1n) is 5.13. The third kappa shape index (κ3) is 2.20. The number of hydrogen-bond donors (Lipinski definition) is 3. The normalized spacial score (nSPS) is 31.7. The second-order valence-electron chi connectivity index (χ2n) is 3.89.